The Labute approximate surface area is 141 Å². The van der Waals surface area contributed by atoms with Crippen LogP contribution >= 0.6 is 15.9 Å². The van der Waals surface area contributed by atoms with Crippen LogP contribution in [0.5, 0.6) is 0 Å². The van der Waals surface area contributed by atoms with E-state index in [0.717, 1.165) is 16.7 Å². The van der Waals surface area contributed by atoms with E-state index in [1.165, 1.54) is 6.07 Å². The standard InChI is InChI=1S/C16H15BrN2O4/c1-10-8-13(19(21)22)15(14(17)11(10)2)18-16(20)23-9-12-6-4-3-5-7-12/h3-8H,9H2,1-2H3,(H,18,20). The molecule has 0 heterocycles. The van der Waals surface area contributed by atoms with Crippen LogP contribution in [0.4, 0.5) is 16.2 Å². The monoisotopic (exact) mass is 378 g/mol. The number of amides is 1. The number of hydrogen-bond donors (Lipinski definition) is 1. The molecule has 1 amide bonds. The maximum Gasteiger partial charge on any atom is 0.412 e. The Hall–Kier alpha value is -2.41. The van der Waals surface area contributed by atoms with Crippen molar-refractivity contribution in [2.24, 2.45) is 0 Å². The maximum absolute atomic E-state index is 11.9. The average Bonchev–Trinajstić information content (AvgIpc) is 2.54. The van der Waals surface area contributed by atoms with Gasteiger partial charge in [-0.1, -0.05) is 30.3 Å². The maximum atomic E-state index is 11.9. The first-order valence-electron chi connectivity index (χ1n) is 6.82. The van der Waals surface area contributed by atoms with Gasteiger partial charge in [0.05, 0.1) is 9.40 Å². The van der Waals surface area contributed by atoms with E-state index < -0.39 is 11.0 Å². The molecule has 0 aromatic heterocycles. The molecule has 23 heavy (non-hydrogen) atoms. The van der Waals surface area contributed by atoms with E-state index in [1.807, 2.05) is 37.3 Å². The molecular weight excluding hydrogens is 364 g/mol. The molecule has 1 N–H and O–H groups in total. The highest BCUT2D eigenvalue weighted by atomic mass is 79.9. The number of anilines is 1. The summed E-state index contributed by atoms with van der Waals surface area (Å²) in [6.45, 7) is 3.66. The van der Waals surface area contributed by atoms with Crippen LogP contribution in [-0.4, -0.2) is 11.0 Å². The zero-order valence-corrected chi connectivity index (χ0v) is 14.2. The lowest BCUT2D eigenvalue weighted by atomic mass is 10.1. The summed E-state index contributed by atoms with van der Waals surface area (Å²) in [5.74, 6) is 0. The molecule has 0 radical (unpaired) electrons. The third kappa shape index (κ3) is 4.07. The minimum absolute atomic E-state index is 0.0862. The van der Waals surface area contributed by atoms with E-state index in [9.17, 15) is 14.9 Å². The minimum atomic E-state index is -0.749. The Kier molecular flexibility index (Phi) is 5.33. The number of benzene rings is 2. The van der Waals surface area contributed by atoms with Gasteiger partial charge in [0.2, 0.25) is 0 Å². The molecule has 7 heteroatoms. The third-order valence-electron chi connectivity index (χ3n) is 3.39. The smallest absolute Gasteiger partial charge is 0.412 e. The number of carbonyl (C=O) groups excluding carboxylic acids is 1. The summed E-state index contributed by atoms with van der Waals surface area (Å²) >= 11 is 3.30. The van der Waals surface area contributed by atoms with Gasteiger partial charge in [0.1, 0.15) is 12.3 Å². The number of halogens is 1. The Morgan fingerprint density at radius 2 is 1.96 bits per heavy atom. The summed E-state index contributed by atoms with van der Waals surface area (Å²) in [5, 5.41) is 13.6. The number of nitrogens with one attached hydrogen (secondary N) is 1. The molecule has 0 fully saturated rings. The van der Waals surface area contributed by atoms with Crippen molar-refractivity contribution in [2.75, 3.05) is 5.32 Å². The van der Waals surface area contributed by atoms with Gasteiger partial charge in [-0.25, -0.2) is 4.79 Å². The van der Waals surface area contributed by atoms with Crippen molar-refractivity contribution in [3.63, 3.8) is 0 Å². The second-order valence-corrected chi connectivity index (χ2v) is 5.76. The summed E-state index contributed by atoms with van der Waals surface area (Å²) in [7, 11) is 0. The van der Waals surface area contributed by atoms with Crippen molar-refractivity contribution in [3.8, 4) is 0 Å². The van der Waals surface area contributed by atoms with Crippen LogP contribution in [0.15, 0.2) is 40.9 Å². The molecule has 0 aliphatic heterocycles. The first-order chi connectivity index (χ1) is 10.9. The fourth-order valence-electron chi connectivity index (χ4n) is 1.98. The summed E-state index contributed by atoms with van der Waals surface area (Å²) in [5.41, 5.74) is 2.31. The number of carbonyl (C=O) groups is 1. The summed E-state index contributed by atoms with van der Waals surface area (Å²) in [4.78, 5) is 22.6. The highest BCUT2D eigenvalue weighted by Crippen LogP contribution is 2.37. The first-order valence-corrected chi connectivity index (χ1v) is 7.61. The van der Waals surface area contributed by atoms with Gasteiger partial charge in [0.25, 0.3) is 5.69 Å². The molecule has 2 aromatic carbocycles. The van der Waals surface area contributed by atoms with Gasteiger partial charge in [-0.05, 0) is 46.5 Å². The predicted molar refractivity (Wildman–Crippen MR) is 90.5 cm³/mol. The summed E-state index contributed by atoms with van der Waals surface area (Å²) < 4.78 is 5.57. The van der Waals surface area contributed by atoms with E-state index in [-0.39, 0.29) is 18.0 Å². The summed E-state index contributed by atoms with van der Waals surface area (Å²) in [6, 6.07) is 10.6. The number of nitro benzene ring substituents is 1. The van der Waals surface area contributed by atoms with Crippen molar-refractivity contribution in [1.29, 1.82) is 0 Å². The van der Waals surface area contributed by atoms with E-state index in [4.69, 9.17) is 4.74 Å². The van der Waals surface area contributed by atoms with E-state index >= 15 is 0 Å². The Morgan fingerprint density at radius 1 is 1.30 bits per heavy atom. The molecule has 0 saturated heterocycles. The van der Waals surface area contributed by atoms with Crippen LogP contribution in [0.25, 0.3) is 0 Å². The SMILES string of the molecule is Cc1cc([N+](=O)[O-])c(NC(=O)OCc2ccccc2)c(Br)c1C. The molecule has 0 atom stereocenters. The molecule has 6 nitrogen and oxygen atoms in total. The molecule has 2 aromatic rings. The number of aryl methyl sites for hydroxylation is 1. The molecule has 0 aliphatic rings. The van der Waals surface area contributed by atoms with Crippen molar-refractivity contribution in [3.05, 3.63) is 67.7 Å². The van der Waals surface area contributed by atoms with Gasteiger partial charge in [-0.15, -0.1) is 0 Å². The molecular formula is C16H15BrN2O4. The first kappa shape index (κ1) is 17.0. The normalized spacial score (nSPS) is 10.2. The quantitative estimate of drug-likeness (QED) is 0.616. The Balaban J connectivity index is 2.17. The van der Waals surface area contributed by atoms with E-state index in [1.54, 1.807) is 6.92 Å². The van der Waals surface area contributed by atoms with Gasteiger partial charge in [-0.2, -0.15) is 0 Å². The summed E-state index contributed by atoms with van der Waals surface area (Å²) in [6.07, 6.45) is -0.749. The fraction of sp³-hybridized carbons (Fsp3) is 0.188. The van der Waals surface area contributed by atoms with E-state index in [2.05, 4.69) is 21.2 Å². The second-order valence-electron chi connectivity index (χ2n) is 4.97. The van der Waals surface area contributed by atoms with Crippen LogP contribution in [0.2, 0.25) is 0 Å². The number of ether oxygens (including phenoxy) is 1. The Bertz CT molecular complexity index is 747. The molecule has 120 valence electrons. The van der Waals surface area contributed by atoms with Gasteiger partial charge in [-0.3, -0.25) is 15.4 Å². The zero-order valence-electron chi connectivity index (χ0n) is 12.6. The van der Waals surface area contributed by atoms with Gasteiger partial charge >= 0.3 is 6.09 Å². The lowest BCUT2D eigenvalue weighted by Gasteiger charge is -2.12. The molecule has 0 aliphatic carbocycles. The number of rotatable bonds is 4. The van der Waals surface area contributed by atoms with Crippen LogP contribution < -0.4 is 5.32 Å². The topological polar surface area (TPSA) is 81.5 Å². The van der Waals surface area contributed by atoms with Crippen LogP contribution in [-0.2, 0) is 11.3 Å². The Morgan fingerprint density at radius 3 is 2.57 bits per heavy atom. The molecule has 0 spiro atoms. The van der Waals surface area contributed by atoms with Gasteiger partial charge < -0.3 is 4.74 Å². The predicted octanol–water partition coefficient (Wildman–Crippen LogP) is 4.72. The van der Waals surface area contributed by atoms with Crippen molar-refractivity contribution < 1.29 is 14.5 Å². The largest absolute Gasteiger partial charge is 0.444 e. The number of nitro groups is 1. The van der Waals surface area contributed by atoms with Crippen LogP contribution in [0.1, 0.15) is 16.7 Å². The zero-order chi connectivity index (χ0) is 17.0. The van der Waals surface area contributed by atoms with E-state index in [0.29, 0.717) is 4.47 Å². The van der Waals surface area contributed by atoms with Crippen LogP contribution in [0.3, 0.4) is 0 Å². The lowest BCUT2D eigenvalue weighted by molar-refractivity contribution is -0.384. The molecule has 0 bridgehead atoms. The molecule has 2 rings (SSSR count). The molecule has 0 unspecified atom stereocenters. The average molecular weight is 379 g/mol. The number of hydrogen-bond acceptors (Lipinski definition) is 4. The number of nitrogens with zero attached hydrogens (tertiary/aromatic N) is 1. The van der Waals surface area contributed by atoms with Crippen LogP contribution in [0, 0.1) is 24.0 Å². The van der Waals surface area contributed by atoms with Crippen molar-refractivity contribution in [1.82, 2.24) is 0 Å². The second kappa shape index (κ2) is 7.23. The minimum Gasteiger partial charge on any atom is -0.444 e. The van der Waals surface area contributed by atoms with Gasteiger partial charge in [0.15, 0.2) is 0 Å². The third-order valence-corrected chi connectivity index (χ3v) is 4.38. The molecule has 0 saturated carbocycles. The van der Waals surface area contributed by atoms with Crippen molar-refractivity contribution in [2.45, 2.75) is 20.5 Å². The highest BCUT2D eigenvalue weighted by Gasteiger charge is 2.22. The van der Waals surface area contributed by atoms with Gasteiger partial charge in [0, 0.05) is 6.07 Å². The fourth-order valence-corrected chi connectivity index (χ4v) is 2.60. The highest BCUT2D eigenvalue weighted by molar-refractivity contribution is 9.10. The lowest BCUT2D eigenvalue weighted by Crippen LogP contribution is -2.15. The van der Waals surface area contributed by atoms with Crippen molar-refractivity contribution >= 4 is 33.4 Å².